The summed E-state index contributed by atoms with van der Waals surface area (Å²) < 4.78 is 18.5. The summed E-state index contributed by atoms with van der Waals surface area (Å²) in [7, 11) is 0. The van der Waals surface area contributed by atoms with Gasteiger partial charge in [0.2, 0.25) is 5.78 Å². The third-order valence-electron chi connectivity index (χ3n) is 3.56. The molecule has 0 amide bonds. The first-order valence-corrected chi connectivity index (χ1v) is 7.87. The topological polar surface area (TPSA) is 55.4 Å². The minimum absolute atomic E-state index is 0.0331. The van der Waals surface area contributed by atoms with Gasteiger partial charge in [-0.1, -0.05) is 23.2 Å². The number of nitrogens with one attached hydrogen (secondary N) is 1. The highest BCUT2D eigenvalue weighted by atomic mass is 35.5. The van der Waals surface area contributed by atoms with E-state index in [-0.39, 0.29) is 33.3 Å². The van der Waals surface area contributed by atoms with Crippen LogP contribution in [0.25, 0.3) is 0 Å². The molecule has 0 aliphatic heterocycles. The van der Waals surface area contributed by atoms with E-state index in [4.69, 9.17) is 27.9 Å². The fourth-order valence-corrected chi connectivity index (χ4v) is 2.31. The summed E-state index contributed by atoms with van der Waals surface area (Å²) in [6.45, 7) is 3.71. The highest BCUT2D eigenvalue weighted by molar-refractivity contribution is 6.39. The Kier molecular flexibility index (Phi) is 5.32. The number of hydrogen-bond donors (Lipinski definition) is 1. The molecule has 1 N–H and O–H groups in total. The van der Waals surface area contributed by atoms with E-state index in [1.165, 1.54) is 6.20 Å². The van der Waals surface area contributed by atoms with Crippen LogP contribution in [0.15, 0.2) is 23.9 Å². The molecule has 0 spiro atoms. The summed E-state index contributed by atoms with van der Waals surface area (Å²) in [5.41, 5.74) is -0.508. The highest BCUT2D eigenvalue weighted by Crippen LogP contribution is 2.34. The molecular formula is C16H16Cl2FNO3. The first kappa shape index (κ1) is 17.8. The molecule has 0 radical (unpaired) electrons. The van der Waals surface area contributed by atoms with Gasteiger partial charge < -0.3 is 10.1 Å². The van der Waals surface area contributed by atoms with E-state index in [2.05, 4.69) is 5.32 Å². The number of Topliss-reactive ketones (excluding diaryl/α,β-unsaturated/α-hetero) is 1. The van der Waals surface area contributed by atoms with E-state index in [0.29, 0.717) is 0 Å². The third kappa shape index (κ3) is 4.24. The van der Waals surface area contributed by atoms with Crippen LogP contribution in [-0.4, -0.2) is 23.9 Å². The van der Waals surface area contributed by atoms with Crippen LogP contribution in [0.4, 0.5) is 4.39 Å². The molecule has 2 rings (SSSR count). The van der Waals surface area contributed by atoms with E-state index in [1.54, 1.807) is 6.92 Å². The molecule has 0 atom stereocenters. The lowest BCUT2D eigenvalue weighted by Gasteiger charge is -2.12. The zero-order chi connectivity index (χ0) is 17.2. The van der Waals surface area contributed by atoms with E-state index < -0.39 is 17.6 Å². The minimum Gasteiger partial charge on any atom is -0.462 e. The maximum Gasteiger partial charge on any atom is 0.343 e. The van der Waals surface area contributed by atoms with Crippen LogP contribution < -0.4 is 5.32 Å². The van der Waals surface area contributed by atoms with Crippen LogP contribution in [0.2, 0.25) is 10.0 Å². The third-order valence-corrected chi connectivity index (χ3v) is 4.16. The molecule has 1 aliphatic rings. The average molecular weight is 360 g/mol. The molecule has 0 bridgehead atoms. The molecule has 7 heteroatoms. The van der Waals surface area contributed by atoms with Crippen molar-refractivity contribution in [3.05, 3.63) is 45.3 Å². The number of hydrogen-bond acceptors (Lipinski definition) is 4. The van der Waals surface area contributed by atoms with Crippen LogP contribution in [0.5, 0.6) is 0 Å². The van der Waals surface area contributed by atoms with Crippen molar-refractivity contribution in [1.29, 1.82) is 0 Å². The van der Waals surface area contributed by atoms with Crippen LogP contribution >= 0.6 is 23.2 Å². The lowest BCUT2D eigenvalue weighted by molar-refractivity contribution is -0.138. The fraction of sp³-hybridized carbons (Fsp3) is 0.375. The van der Waals surface area contributed by atoms with E-state index in [1.807, 2.05) is 6.92 Å². The number of benzene rings is 1. The van der Waals surface area contributed by atoms with Gasteiger partial charge in [-0.25, -0.2) is 9.18 Å². The summed E-state index contributed by atoms with van der Waals surface area (Å²) >= 11 is 11.6. The second-order valence-corrected chi connectivity index (χ2v) is 6.37. The van der Waals surface area contributed by atoms with Crippen molar-refractivity contribution in [2.24, 2.45) is 0 Å². The number of halogens is 3. The maximum absolute atomic E-state index is 13.6. The normalized spacial score (nSPS) is 16.0. The summed E-state index contributed by atoms with van der Waals surface area (Å²) in [5, 5.41) is 2.79. The molecule has 0 saturated heterocycles. The van der Waals surface area contributed by atoms with Crippen molar-refractivity contribution in [3.63, 3.8) is 0 Å². The van der Waals surface area contributed by atoms with Crippen molar-refractivity contribution >= 4 is 35.0 Å². The van der Waals surface area contributed by atoms with Crippen molar-refractivity contribution in [2.75, 3.05) is 6.61 Å². The zero-order valence-electron chi connectivity index (χ0n) is 12.7. The molecule has 1 aromatic rings. The van der Waals surface area contributed by atoms with Crippen LogP contribution in [0.1, 0.15) is 37.0 Å². The van der Waals surface area contributed by atoms with Gasteiger partial charge in [-0.2, -0.15) is 0 Å². The van der Waals surface area contributed by atoms with Crippen LogP contribution in [0.3, 0.4) is 0 Å². The Hall–Kier alpha value is -1.59. The first-order chi connectivity index (χ1) is 10.8. The summed E-state index contributed by atoms with van der Waals surface area (Å²) in [6.07, 6.45) is 3.18. The lowest BCUT2D eigenvalue weighted by Crippen LogP contribution is -2.26. The van der Waals surface area contributed by atoms with Gasteiger partial charge in [0.15, 0.2) is 0 Å². The predicted molar refractivity (Wildman–Crippen MR) is 86.2 cm³/mol. The monoisotopic (exact) mass is 359 g/mol. The van der Waals surface area contributed by atoms with Gasteiger partial charge >= 0.3 is 5.97 Å². The van der Waals surface area contributed by atoms with Crippen molar-refractivity contribution in [1.82, 2.24) is 5.32 Å². The molecule has 124 valence electrons. The number of rotatable bonds is 6. The Labute approximate surface area is 143 Å². The van der Waals surface area contributed by atoms with Crippen molar-refractivity contribution in [3.8, 4) is 0 Å². The van der Waals surface area contributed by atoms with Crippen molar-refractivity contribution in [2.45, 2.75) is 32.2 Å². The number of ether oxygens (including phenoxy) is 1. The molecule has 1 fully saturated rings. The molecule has 1 aliphatic carbocycles. The number of carbonyl (C=O) groups is 2. The standard InChI is InChI=1S/C16H16Cl2FNO3/c1-3-23-15(22)10(8-20-16(2)4-5-16)14(21)9-6-13(19)12(18)7-11(9)17/h6-8,20H,3-5H2,1-2H3. The zero-order valence-corrected chi connectivity index (χ0v) is 14.2. The largest absolute Gasteiger partial charge is 0.462 e. The molecule has 0 aromatic heterocycles. The smallest absolute Gasteiger partial charge is 0.343 e. The second kappa shape index (κ2) is 6.89. The molecule has 23 heavy (non-hydrogen) atoms. The van der Waals surface area contributed by atoms with Crippen LogP contribution in [-0.2, 0) is 9.53 Å². The molecule has 0 unspecified atom stereocenters. The summed E-state index contributed by atoms with van der Waals surface area (Å²) in [4.78, 5) is 24.6. The number of ketones is 1. The molecule has 1 aromatic carbocycles. The van der Waals surface area contributed by atoms with E-state index in [0.717, 1.165) is 25.0 Å². The van der Waals surface area contributed by atoms with Gasteiger partial charge in [-0.3, -0.25) is 4.79 Å². The van der Waals surface area contributed by atoms with Gasteiger partial charge in [0, 0.05) is 17.3 Å². The maximum atomic E-state index is 13.6. The van der Waals surface area contributed by atoms with Gasteiger partial charge in [0.05, 0.1) is 16.7 Å². The average Bonchev–Trinajstić information content (AvgIpc) is 3.21. The Morgan fingerprint density at radius 2 is 2.00 bits per heavy atom. The molecule has 0 heterocycles. The minimum atomic E-state index is -0.791. The molecular weight excluding hydrogens is 344 g/mol. The van der Waals surface area contributed by atoms with Gasteiger partial charge in [-0.15, -0.1) is 0 Å². The van der Waals surface area contributed by atoms with E-state index in [9.17, 15) is 14.0 Å². The SMILES string of the molecule is CCOC(=O)C(=CNC1(C)CC1)C(=O)c1cc(F)c(Cl)cc1Cl. The van der Waals surface area contributed by atoms with Gasteiger partial charge in [-0.05, 0) is 38.8 Å². The molecule has 4 nitrogen and oxygen atoms in total. The molecule has 1 saturated carbocycles. The van der Waals surface area contributed by atoms with E-state index >= 15 is 0 Å². The first-order valence-electron chi connectivity index (χ1n) is 7.11. The van der Waals surface area contributed by atoms with Crippen molar-refractivity contribution < 1.29 is 18.7 Å². The predicted octanol–water partition coefficient (Wildman–Crippen LogP) is 3.90. The summed E-state index contributed by atoms with van der Waals surface area (Å²) in [5.74, 6) is -2.30. The fourth-order valence-electron chi connectivity index (χ4n) is 1.85. The number of esters is 1. The Bertz CT molecular complexity index is 684. The number of carbonyl (C=O) groups excluding carboxylic acids is 2. The Balaban J connectivity index is 2.36. The second-order valence-electron chi connectivity index (χ2n) is 5.56. The lowest BCUT2D eigenvalue weighted by atomic mass is 10.0. The quantitative estimate of drug-likeness (QED) is 0.209. The van der Waals surface area contributed by atoms with Gasteiger partial charge in [0.1, 0.15) is 11.4 Å². The summed E-state index contributed by atoms with van der Waals surface area (Å²) in [6, 6.07) is 2.04. The van der Waals surface area contributed by atoms with Gasteiger partial charge in [0.25, 0.3) is 0 Å². The van der Waals surface area contributed by atoms with Crippen LogP contribution in [0, 0.1) is 5.82 Å². The Morgan fingerprint density at radius 3 is 2.57 bits per heavy atom. The Morgan fingerprint density at radius 1 is 1.35 bits per heavy atom. The highest BCUT2D eigenvalue weighted by Gasteiger charge is 2.37.